The van der Waals surface area contributed by atoms with Crippen LogP contribution in [0, 0.1) is 5.82 Å². The van der Waals surface area contributed by atoms with Gasteiger partial charge in [0.1, 0.15) is 18.4 Å². The highest BCUT2D eigenvalue weighted by Gasteiger charge is 2.35. The maximum absolute atomic E-state index is 14.7. The van der Waals surface area contributed by atoms with Crippen LogP contribution in [-0.4, -0.2) is 61.7 Å². The Balaban J connectivity index is 2.56. The van der Waals surface area contributed by atoms with E-state index in [1.807, 2.05) is 20.8 Å². The molecule has 0 aliphatic carbocycles. The highest BCUT2D eigenvalue weighted by atomic mass is 35.5. The molecule has 8 nitrogen and oxygen atoms in total. The summed E-state index contributed by atoms with van der Waals surface area (Å²) < 4.78 is 42.6. The van der Waals surface area contributed by atoms with Crippen LogP contribution in [0.2, 0.25) is 10.0 Å². The van der Waals surface area contributed by atoms with Gasteiger partial charge in [0, 0.05) is 26.2 Å². The molecule has 0 aliphatic heterocycles. The molecule has 12 heteroatoms. The molecule has 1 atom stereocenters. The number of nitrogens with one attached hydrogen (secondary N) is 1. The number of carbonyl (C=O) groups is 2. The Hall–Kier alpha value is -2.40. The van der Waals surface area contributed by atoms with Gasteiger partial charge in [-0.3, -0.25) is 9.59 Å². The summed E-state index contributed by atoms with van der Waals surface area (Å²) in [5, 5.41) is 3.46. The molecule has 2 rings (SSSR count). The average molecular weight is 576 g/mol. The molecule has 2 aromatic carbocycles. The summed E-state index contributed by atoms with van der Waals surface area (Å²) in [6, 6.07) is 9.14. The van der Waals surface area contributed by atoms with Crippen LogP contribution in [0.4, 0.5) is 10.1 Å². The minimum atomic E-state index is -4.27. The quantitative estimate of drug-likeness (QED) is 0.453. The predicted molar refractivity (Wildman–Crippen MR) is 145 cm³/mol. The molecule has 0 fully saturated rings. The summed E-state index contributed by atoms with van der Waals surface area (Å²) in [5.74, 6) is -1.92. The van der Waals surface area contributed by atoms with E-state index >= 15 is 0 Å². The fraction of sp³-hybridized carbons (Fsp3) is 0.440. The number of amides is 2. The van der Waals surface area contributed by atoms with Gasteiger partial charge in [0.05, 0.1) is 15.7 Å². The summed E-state index contributed by atoms with van der Waals surface area (Å²) in [7, 11) is -1.70. The summed E-state index contributed by atoms with van der Waals surface area (Å²) in [4.78, 5) is 28.3. The second-order valence-corrected chi connectivity index (χ2v) is 12.6. The highest BCUT2D eigenvalue weighted by molar-refractivity contribution is 7.90. The smallest absolute Gasteiger partial charge is 0.304 e. The third kappa shape index (κ3) is 8.04. The fourth-order valence-corrected chi connectivity index (χ4v) is 4.95. The van der Waals surface area contributed by atoms with Crippen molar-refractivity contribution in [3.8, 4) is 0 Å². The lowest BCUT2D eigenvalue weighted by Gasteiger charge is -2.35. The minimum absolute atomic E-state index is 0.0566. The molecule has 1 N–H and O–H groups in total. The van der Waals surface area contributed by atoms with Crippen molar-refractivity contribution >= 4 is 50.9 Å². The molecular weight excluding hydrogens is 542 g/mol. The van der Waals surface area contributed by atoms with Crippen LogP contribution in [0.5, 0.6) is 0 Å². The van der Waals surface area contributed by atoms with Crippen LogP contribution in [0.15, 0.2) is 42.5 Å². The van der Waals surface area contributed by atoms with Gasteiger partial charge < -0.3 is 10.2 Å². The lowest BCUT2D eigenvalue weighted by molar-refractivity contribution is -0.141. The monoisotopic (exact) mass is 574 g/mol. The van der Waals surface area contributed by atoms with E-state index in [-0.39, 0.29) is 23.7 Å². The highest BCUT2D eigenvalue weighted by Crippen LogP contribution is 2.26. The second kappa shape index (κ2) is 12.4. The first-order chi connectivity index (χ1) is 17.1. The zero-order valence-corrected chi connectivity index (χ0v) is 24.1. The lowest BCUT2D eigenvalue weighted by atomic mass is 10.1. The number of rotatable bonds is 10. The fourth-order valence-electron chi connectivity index (χ4n) is 3.56. The Labute approximate surface area is 228 Å². The number of hydrogen-bond acceptors (Lipinski definition) is 4. The van der Waals surface area contributed by atoms with E-state index < -0.39 is 46.0 Å². The van der Waals surface area contributed by atoms with E-state index in [9.17, 15) is 22.4 Å². The van der Waals surface area contributed by atoms with Crippen molar-refractivity contribution in [2.24, 2.45) is 0 Å². The molecule has 0 aliphatic rings. The summed E-state index contributed by atoms with van der Waals surface area (Å²) in [6.07, 6.45) is 0.245. The van der Waals surface area contributed by atoms with Gasteiger partial charge in [0.15, 0.2) is 0 Å². The van der Waals surface area contributed by atoms with Gasteiger partial charge in [-0.05, 0) is 57.0 Å². The summed E-state index contributed by atoms with van der Waals surface area (Å²) in [6.45, 7) is 6.39. The number of nitrogens with zero attached hydrogens (tertiary/aromatic N) is 3. The van der Waals surface area contributed by atoms with Crippen LogP contribution in [-0.2, 0) is 26.3 Å². The molecule has 0 saturated carbocycles. The van der Waals surface area contributed by atoms with E-state index in [4.69, 9.17) is 23.2 Å². The topological polar surface area (TPSA) is 90.0 Å². The molecule has 0 spiro atoms. The Morgan fingerprint density at radius 1 is 1.05 bits per heavy atom. The standard InChI is InChI=1S/C25H33Cl2FN4O4S/c1-7-21(24(34)29-25(2,3)4)31(15-17-12-13-18(26)19(27)14-17)23(33)16-32(37(35,36)30(5)6)22-11-9-8-10-20(22)28/h8-14,21H,7,15-16H2,1-6H3,(H,29,34)/t21-/m0/s1. The van der Waals surface area contributed by atoms with E-state index in [0.717, 1.165) is 10.4 Å². The van der Waals surface area contributed by atoms with Gasteiger partial charge in [0.2, 0.25) is 11.8 Å². The van der Waals surface area contributed by atoms with Crippen molar-refractivity contribution < 1.29 is 22.4 Å². The maximum atomic E-state index is 14.7. The average Bonchev–Trinajstić information content (AvgIpc) is 2.78. The second-order valence-electron chi connectivity index (χ2n) is 9.68. The minimum Gasteiger partial charge on any atom is -0.350 e. The molecule has 0 unspecified atom stereocenters. The van der Waals surface area contributed by atoms with Crippen LogP contribution in [0.25, 0.3) is 0 Å². The number of para-hydroxylation sites is 1. The Kier molecular flexibility index (Phi) is 10.4. The Morgan fingerprint density at radius 3 is 2.19 bits per heavy atom. The SMILES string of the molecule is CC[C@@H](C(=O)NC(C)(C)C)N(Cc1ccc(Cl)c(Cl)c1)C(=O)CN(c1ccccc1F)S(=O)(=O)N(C)C. The zero-order valence-electron chi connectivity index (χ0n) is 21.8. The lowest BCUT2D eigenvalue weighted by Crippen LogP contribution is -2.55. The van der Waals surface area contributed by atoms with E-state index in [0.29, 0.717) is 14.9 Å². The van der Waals surface area contributed by atoms with Crippen LogP contribution < -0.4 is 9.62 Å². The van der Waals surface area contributed by atoms with Gasteiger partial charge in [-0.1, -0.05) is 48.3 Å². The van der Waals surface area contributed by atoms with Crippen LogP contribution in [0.3, 0.4) is 0 Å². The number of carbonyl (C=O) groups excluding carboxylic acids is 2. The number of anilines is 1. The molecule has 204 valence electrons. The van der Waals surface area contributed by atoms with E-state index in [1.54, 1.807) is 25.1 Å². The predicted octanol–water partition coefficient (Wildman–Crippen LogP) is 4.47. The molecule has 37 heavy (non-hydrogen) atoms. The molecule has 0 saturated heterocycles. The van der Waals surface area contributed by atoms with Crippen molar-refractivity contribution in [2.45, 2.75) is 52.2 Å². The Bertz CT molecular complexity index is 1240. The van der Waals surface area contributed by atoms with Crippen molar-refractivity contribution in [1.29, 1.82) is 0 Å². The van der Waals surface area contributed by atoms with Crippen LogP contribution >= 0.6 is 23.2 Å². The molecule has 0 bridgehead atoms. The first-order valence-corrected chi connectivity index (χ1v) is 13.7. The third-order valence-electron chi connectivity index (χ3n) is 5.36. The zero-order chi connectivity index (χ0) is 28.1. The first-order valence-electron chi connectivity index (χ1n) is 11.6. The molecule has 2 aromatic rings. The van der Waals surface area contributed by atoms with Crippen molar-refractivity contribution in [1.82, 2.24) is 14.5 Å². The summed E-state index contributed by atoms with van der Waals surface area (Å²) >= 11 is 12.2. The maximum Gasteiger partial charge on any atom is 0.304 e. The first kappa shape index (κ1) is 30.8. The van der Waals surface area contributed by atoms with E-state index in [1.165, 1.54) is 37.2 Å². The van der Waals surface area contributed by atoms with Gasteiger partial charge in [-0.25, -0.2) is 8.70 Å². The third-order valence-corrected chi connectivity index (χ3v) is 7.91. The molecular formula is C25H33Cl2FN4O4S. The molecule has 0 heterocycles. The normalized spacial score (nSPS) is 12.8. The molecule has 2 amide bonds. The van der Waals surface area contributed by atoms with Gasteiger partial charge >= 0.3 is 10.2 Å². The number of benzene rings is 2. The van der Waals surface area contributed by atoms with Crippen molar-refractivity contribution in [2.75, 3.05) is 24.9 Å². The van der Waals surface area contributed by atoms with E-state index in [2.05, 4.69) is 5.32 Å². The van der Waals surface area contributed by atoms with Gasteiger partial charge in [-0.2, -0.15) is 12.7 Å². The van der Waals surface area contributed by atoms with Gasteiger partial charge in [-0.15, -0.1) is 0 Å². The number of hydrogen-bond donors (Lipinski definition) is 1. The summed E-state index contributed by atoms with van der Waals surface area (Å²) in [5.41, 5.74) is -0.278. The van der Waals surface area contributed by atoms with Crippen molar-refractivity contribution in [3.05, 3.63) is 63.9 Å². The Morgan fingerprint density at radius 2 is 1.68 bits per heavy atom. The number of halogens is 3. The van der Waals surface area contributed by atoms with Crippen molar-refractivity contribution in [3.63, 3.8) is 0 Å². The van der Waals surface area contributed by atoms with Gasteiger partial charge in [0.25, 0.3) is 0 Å². The largest absolute Gasteiger partial charge is 0.350 e. The molecule has 0 aromatic heterocycles. The van der Waals surface area contributed by atoms with Crippen LogP contribution in [0.1, 0.15) is 39.7 Å². The molecule has 0 radical (unpaired) electrons.